The third-order valence-electron chi connectivity index (χ3n) is 5.19. The molecular weight excluding hydrogens is 404 g/mol. The lowest BCUT2D eigenvalue weighted by atomic mass is 10.1. The Bertz CT molecular complexity index is 874. The molecule has 0 bridgehead atoms. The number of carbonyl (C=O) groups is 2. The van der Waals surface area contributed by atoms with E-state index in [4.69, 9.17) is 0 Å². The summed E-state index contributed by atoms with van der Waals surface area (Å²) in [4.78, 5) is 27.9. The fraction of sp³-hybridized carbons (Fsp3) is 0.462. The van der Waals surface area contributed by atoms with Crippen LogP contribution in [0.2, 0.25) is 0 Å². The van der Waals surface area contributed by atoms with Crippen LogP contribution < -0.4 is 5.32 Å². The van der Waals surface area contributed by atoms with Crippen molar-refractivity contribution >= 4 is 23.6 Å². The van der Waals surface area contributed by atoms with Crippen LogP contribution in [0.4, 0.5) is 0 Å². The van der Waals surface area contributed by atoms with Crippen molar-refractivity contribution < 1.29 is 9.59 Å². The maximum Gasteiger partial charge on any atom is 0.243 e. The summed E-state index contributed by atoms with van der Waals surface area (Å²) in [6.07, 6.45) is 0.581. The molecule has 2 aromatic carbocycles. The van der Waals surface area contributed by atoms with E-state index >= 15 is 0 Å². The zero-order valence-electron chi connectivity index (χ0n) is 19.7. The van der Waals surface area contributed by atoms with Gasteiger partial charge in [0.25, 0.3) is 0 Å². The van der Waals surface area contributed by atoms with Gasteiger partial charge >= 0.3 is 0 Å². The summed E-state index contributed by atoms with van der Waals surface area (Å²) in [7, 11) is 0. The molecule has 4 nitrogen and oxygen atoms in total. The standard InChI is InChI=1S/C26H36N2O2S/c1-7-24(26(30)27-18(2)3)28(15-23-11-9-8-10-21(23)6)25(29)17-31-16-22-13-19(4)12-20(5)14-22/h8-14,18,24H,7,15-17H2,1-6H3,(H,27,30)/t24-/m1/s1. The van der Waals surface area contributed by atoms with Crippen LogP contribution in [0.15, 0.2) is 42.5 Å². The number of thioether (sulfide) groups is 1. The highest BCUT2D eigenvalue weighted by atomic mass is 32.2. The first-order chi connectivity index (χ1) is 14.7. The number of benzene rings is 2. The lowest BCUT2D eigenvalue weighted by molar-refractivity contribution is -0.139. The summed E-state index contributed by atoms with van der Waals surface area (Å²) in [6, 6.07) is 14.1. The molecule has 0 fully saturated rings. The van der Waals surface area contributed by atoms with Gasteiger partial charge in [-0.3, -0.25) is 9.59 Å². The summed E-state index contributed by atoms with van der Waals surface area (Å²) in [5, 5.41) is 2.98. The van der Waals surface area contributed by atoms with Crippen molar-refractivity contribution in [2.45, 2.75) is 72.3 Å². The second kappa shape index (κ2) is 11.9. The summed E-state index contributed by atoms with van der Waals surface area (Å²) < 4.78 is 0. The fourth-order valence-electron chi connectivity index (χ4n) is 3.76. The molecule has 0 aliphatic heterocycles. The normalized spacial score (nSPS) is 12.0. The van der Waals surface area contributed by atoms with E-state index in [-0.39, 0.29) is 17.9 Å². The molecule has 0 radical (unpaired) electrons. The highest BCUT2D eigenvalue weighted by molar-refractivity contribution is 7.99. The molecular formula is C26H36N2O2S. The number of hydrogen-bond donors (Lipinski definition) is 1. The van der Waals surface area contributed by atoms with Gasteiger partial charge in [-0.1, -0.05) is 60.5 Å². The third-order valence-corrected chi connectivity index (χ3v) is 6.18. The van der Waals surface area contributed by atoms with E-state index in [1.807, 2.05) is 52.0 Å². The van der Waals surface area contributed by atoms with Gasteiger partial charge in [-0.2, -0.15) is 0 Å². The van der Waals surface area contributed by atoms with Crippen LogP contribution in [0.5, 0.6) is 0 Å². The lowest BCUT2D eigenvalue weighted by Gasteiger charge is -2.31. The number of amides is 2. The average molecular weight is 441 g/mol. The molecule has 0 unspecified atom stereocenters. The summed E-state index contributed by atoms with van der Waals surface area (Å²) >= 11 is 1.61. The Kier molecular flexibility index (Phi) is 9.63. The Morgan fingerprint density at radius 2 is 1.68 bits per heavy atom. The minimum Gasteiger partial charge on any atom is -0.352 e. The van der Waals surface area contributed by atoms with E-state index in [2.05, 4.69) is 37.4 Å². The number of aryl methyl sites for hydroxylation is 3. The van der Waals surface area contributed by atoms with Crippen LogP contribution in [0, 0.1) is 20.8 Å². The molecule has 2 amide bonds. The third kappa shape index (κ3) is 7.73. The van der Waals surface area contributed by atoms with Gasteiger partial charge in [0, 0.05) is 18.3 Å². The number of nitrogens with one attached hydrogen (secondary N) is 1. The molecule has 0 aliphatic rings. The minimum absolute atomic E-state index is 0.00313. The smallest absolute Gasteiger partial charge is 0.243 e. The average Bonchev–Trinajstić information content (AvgIpc) is 2.68. The minimum atomic E-state index is -0.476. The molecule has 0 saturated heterocycles. The molecule has 1 N–H and O–H groups in total. The van der Waals surface area contributed by atoms with Crippen LogP contribution >= 0.6 is 11.8 Å². The number of carbonyl (C=O) groups excluding carboxylic acids is 2. The highest BCUT2D eigenvalue weighted by Gasteiger charge is 2.29. The summed E-state index contributed by atoms with van der Waals surface area (Å²) in [5.74, 6) is 1.05. The first-order valence-corrected chi connectivity index (χ1v) is 12.2. The number of rotatable bonds is 10. The van der Waals surface area contributed by atoms with Gasteiger partial charge in [0.15, 0.2) is 0 Å². The van der Waals surface area contributed by atoms with Gasteiger partial charge in [0.2, 0.25) is 11.8 Å². The second-order valence-electron chi connectivity index (χ2n) is 8.52. The molecule has 31 heavy (non-hydrogen) atoms. The second-order valence-corrected chi connectivity index (χ2v) is 9.51. The Balaban J connectivity index is 2.16. The van der Waals surface area contributed by atoms with Crippen LogP contribution in [-0.4, -0.2) is 34.6 Å². The van der Waals surface area contributed by atoms with Crippen LogP contribution in [0.1, 0.15) is 55.0 Å². The van der Waals surface area contributed by atoms with Gasteiger partial charge < -0.3 is 10.2 Å². The van der Waals surface area contributed by atoms with Gasteiger partial charge in [-0.15, -0.1) is 11.8 Å². The molecule has 0 aromatic heterocycles. The van der Waals surface area contributed by atoms with Crippen molar-refractivity contribution in [2.75, 3.05) is 5.75 Å². The first-order valence-electron chi connectivity index (χ1n) is 11.0. The van der Waals surface area contributed by atoms with E-state index in [1.54, 1.807) is 16.7 Å². The van der Waals surface area contributed by atoms with Crippen molar-refractivity contribution in [3.63, 3.8) is 0 Å². The quantitative estimate of drug-likeness (QED) is 0.554. The van der Waals surface area contributed by atoms with Crippen molar-refractivity contribution in [3.8, 4) is 0 Å². The van der Waals surface area contributed by atoms with Crippen LogP contribution in [0.25, 0.3) is 0 Å². The molecule has 5 heteroatoms. The largest absolute Gasteiger partial charge is 0.352 e. The zero-order chi connectivity index (χ0) is 23.0. The topological polar surface area (TPSA) is 49.4 Å². The Labute approximate surface area is 191 Å². The van der Waals surface area contributed by atoms with E-state index < -0.39 is 6.04 Å². The SMILES string of the molecule is CC[C@H](C(=O)NC(C)C)N(Cc1ccccc1C)C(=O)CSCc1cc(C)cc(C)c1. The van der Waals surface area contributed by atoms with E-state index in [9.17, 15) is 9.59 Å². The van der Waals surface area contributed by atoms with Crippen molar-refractivity contribution in [3.05, 3.63) is 70.3 Å². The Hall–Kier alpha value is -2.27. The molecule has 2 aromatic rings. The van der Waals surface area contributed by atoms with Gasteiger partial charge in [-0.05, 0) is 57.7 Å². The lowest BCUT2D eigenvalue weighted by Crippen LogP contribution is -2.51. The number of nitrogens with zero attached hydrogens (tertiary/aromatic N) is 1. The van der Waals surface area contributed by atoms with Crippen LogP contribution in [0.3, 0.4) is 0 Å². The molecule has 2 rings (SSSR count). The Morgan fingerprint density at radius 3 is 2.26 bits per heavy atom. The molecule has 0 saturated carbocycles. The van der Waals surface area contributed by atoms with Crippen molar-refractivity contribution in [2.24, 2.45) is 0 Å². The van der Waals surface area contributed by atoms with Gasteiger partial charge in [0.1, 0.15) is 6.04 Å². The van der Waals surface area contributed by atoms with E-state index in [1.165, 1.54) is 16.7 Å². The van der Waals surface area contributed by atoms with Crippen LogP contribution in [-0.2, 0) is 21.9 Å². The monoisotopic (exact) mass is 440 g/mol. The predicted molar refractivity (Wildman–Crippen MR) is 131 cm³/mol. The predicted octanol–water partition coefficient (Wildman–Crippen LogP) is 5.18. The van der Waals surface area contributed by atoms with E-state index in [0.717, 1.165) is 16.9 Å². The first kappa shape index (κ1) is 25.0. The summed E-state index contributed by atoms with van der Waals surface area (Å²) in [5.41, 5.74) is 5.90. The van der Waals surface area contributed by atoms with Crippen molar-refractivity contribution in [1.82, 2.24) is 10.2 Å². The maximum absolute atomic E-state index is 13.3. The molecule has 0 aliphatic carbocycles. The number of hydrogen-bond acceptors (Lipinski definition) is 3. The van der Waals surface area contributed by atoms with Gasteiger partial charge in [0.05, 0.1) is 5.75 Å². The highest BCUT2D eigenvalue weighted by Crippen LogP contribution is 2.20. The Morgan fingerprint density at radius 1 is 1.03 bits per heavy atom. The van der Waals surface area contributed by atoms with Crippen molar-refractivity contribution in [1.29, 1.82) is 0 Å². The fourth-order valence-corrected chi connectivity index (χ4v) is 4.61. The van der Waals surface area contributed by atoms with E-state index in [0.29, 0.717) is 18.7 Å². The summed E-state index contributed by atoms with van der Waals surface area (Å²) in [6.45, 7) is 12.5. The van der Waals surface area contributed by atoms with Gasteiger partial charge in [-0.25, -0.2) is 0 Å². The molecule has 168 valence electrons. The molecule has 0 spiro atoms. The molecule has 1 atom stereocenters. The maximum atomic E-state index is 13.3. The zero-order valence-corrected chi connectivity index (χ0v) is 20.5. The molecule has 0 heterocycles.